The van der Waals surface area contributed by atoms with Crippen molar-refractivity contribution in [1.29, 1.82) is 0 Å². The van der Waals surface area contributed by atoms with Crippen molar-refractivity contribution in [2.75, 3.05) is 26.8 Å². The standard InChI is InChI=1S/C15H24BrNO2/c1-3-4-5-6-10-17-11-12-19-15-13(16)8-7-9-14(15)18-2/h7-9,17H,3-6,10-12H2,1-2H3. The third-order valence-electron chi connectivity index (χ3n) is 2.88. The minimum absolute atomic E-state index is 0.646. The Morgan fingerprint density at radius 3 is 2.74 bits per heavy atom. The highest BCUT2D eigenvalue weighted by Crippen LogP contribution is 2.34. The molecule has 0 saturated carbocycles. The molecule has 1 N–H and O–H groups in total. The summed E-state index contributed by atoms with van der Waals surface area (Å²) >= 11 is 3.47. The number of hydrogen-bond acceptors (Lipinski definition) is 3. The molecule has 3 nitrogen and oxygen atoms in total. The van der Waals surface area contributed by atoms with Crippen LogP contribution in [0.3, 0.4) is 0 Å². The molecule has 0 aliphatic rings. The summed E-state index contributed by atoms with van der Waals surface area (Å²) in [6, 6.07) is 5.79. The molecule has 108 valence electrons. The molecule has 0 unspecified atom stereocenters. The van der Waals surface area contributed by atoms with E-state index in [-0.39, 0.29) is 0 Å². The van der Waals surface area contributed by atoms with Gasteiger partial charge >= 0.3 is 0 Å². The van der Waals surface area contributed by atoms with Crippen LogP contribution in [0.25, 0.3) is 0 Å². The molecule has 0 aromatic heterocycles. The first kappa shape index (κ1) is 16.3. The van der Waals surface area contributed by atoms with Crippen molar-refractivity contribution in [1.82, 2.24) is 5.32 Å². The van der Waals surface area contributed by atoms with Gasteiger partial charge in [-0.15, -0.1) is 0 Å². The molecule has 0 aliphatic heterocycles. The molecule has 1 aromatic rings. The second-order valence-corrected chi connectivity index (χ2v) is 5.28. The minimum atomic E-state index is 0.646. The summed E-state index contributed by atoms with van der Waals surface area (Å²) in [6.07, 6.45) is 5.16. The number of benzene rings is 1. The van der Waals surface area contributed by atoms with Crippen LogP contribution in [-0.2, 0) is 0 Å². The van der Waals surface area contributed by atoms with E-state index in [2.05, 4.69) is 28.2 Å². The quantitative estimate of drug-likeness (QED) is 0.658. The molecule has 19 heavy (non-hydrogen) atoms. The van der Waals surface area contributed by atoms with Crippen LogP contribution < -0.4 is 14.8 Å². The van der Waals surface area contributed by atoms with Gasteiger partial charge in [-0.25, -0.2) is 0 Å². The third kappa shape index (κ3) is 6.30. The number of hydrogen-bond donors (Lipinski definition) is 1. The van der Waals surface area contributed by atoms with Crippen LogP contribution in [-0.4, -0.2) is 26.8 Å². The highest BCUT2D eigenvalue weighted by atomic mass is 79.9. The van der Waals surface area contributed by atoms with Gasteiger partial charge in [-0.3, -0.25) is 0 Å². The summed E-state index contributed by atoms with van der Waals surface area (Å²) < 4.78 is 12.0. The summed E-state index contributed by atoms with van der Waals surface area (Å²) in [7, 11) is 1.65. The first-order valence-electron chi connectivity index (χ1n) is 6.95. The average Bonchev–Trinajstić information content (AvgIpc) is 2.43. The van der Waals surface area contributed by atoms with Crippen LogP contribution in [0.15, 0.2) is 22.7 Å². The van der Waals surface area contributed by atoms with Gasteiger partial charge in [0, 0.05) is 6.54 Å². The van der Waals surface area contributed by atoms with Gasteiger partial charge < -0.3 is 14.8 Å². The fourth-order valence-corrected chi connectivity index (χ4v) is 2.28. The van der Waals surface area contributed by atoms with Crippen molar-refractivity contribution in [3.8, 4) is 11.5 Å². The summed E-state index contributed by atoms with van der Waals surface area (Å²) in [4.78, 5) is 0. The molecular weight excluding hydrogens is 306 g/mol. The highest BCUT2D eigenvalue weighted by molar-refractivity contribution is 9.10. The van der Waals surface area contributed by atoms with Crippen molar-refractivity contribution < 1.29 is 9.47 Å². The summed E-state index contributed by atoms with van der Waals surface area (Å²) in [6.45, 7) is 4.80. The van der Waals surface area contributed by atoms with E-state index >= 15 is 0 Å². The Morgan fingerprint density at radius 2 is 2.00 bits per heavy atom. The topological polar surface area (TPSA) is 30.5 Å². The predicted molar refractivity (Wildman–Crippen MR) is 83.2 cm³/mol. The normalized spacial score (nSPS) is 10.5. The van der Waals surface area contributed by atoms with Gasteiger partial charge in [0.2, 0.25) is 0 Å². The van der Waals surface area contributed by atoms with Crippen molar-refractivity contribution in [3.05, 3.63) is 22.7 Å². The van der Waals surface area contributed by atoms with Crippen molar-refractivity contribution in [2.24, 2.45) is 0 Å². The van der Waals surface area contributed by atoms with E-state index in [0.717, 1.165) is 29.1 Å². The maximum absolute atomic E-state index is 5.75. The van der Waals surface area contributed by atoms with Crippen molar-refractivity contribution in [2.45, 2.75) is 32.6 Å². The molecule has 0 aliphatic carbocycles. The molecule has 0 atom stereocenters. The number of methoxy groups -OCH3 is 1. The lowest BCUT2D eigenvalue weighted by Gasteiger charge is -2.12. The maximum Gasteiger partial charge on any atom is 0.175 e. The van der Waals surface area contributed by atoms with Crippen LogP contribution in [0.4, 0.5) is 0 Å². The molecule has 0 spiro atoms. The smallest absolute Gasteiger partial charge is 0.175 e. The number of rotatable bonds is 10. The third-order valence-corrected chi connectivity index (χ3v) is 3.51. The van der Waals surface area contributed by atoms with Gasteiger partial charge in [0.15, 0.2) is 11.5 Å². The van der Waals surface area contributed by atoms with E-state index in [9.17, 15) is 0 Å². The monoisotopic (exact) mass is 329 g/mol. The molecular formula is C15H24BrNO2. The molecule has 4 heteroatoms. The first-order valence-corrected chi connectivity index (χ1v) is 7.75. The maximum atomic E-state index is 5.75. The second kappa shape index (κ2) is 10.1. The van der Waals surface area contributed by atoms with Crippen LogP contribution in [0.1, 0.15) is 32.6 Å². The number of unbranched alkanes of at least 4 members (excludes halogenated alkanes) is 3. The van der Waals surface area contributed by atoms with Crippen LogP contribution in [0.2, 0.25) is 0 Å². The lowest BCUT2D eigenvalue weighted by molar-refractivity contribution is 0.290. The number of para-hydroxylation sites is 1. The zero-order chi connectivity index (χ0) is 13.9. The molecule has 0 fully saturated rings. The summed E-state index contributed by atoms with van der Waals surface area (Å²) in [5.74, 6) is 1.54. The van der Waals surface area contributed by atoms with Gasteiger partial charge in [0.1, 0.15) is 6.61 Å². The Morgan fingerprint density at radius 1 is 1.16 bits per heavy atom. The van der Waals surface area contributed by atoms with Gasteiger partial charge in [-0.1, -0.05) is 32.3 Å². The van der Waals surface area contributed by atoms with E-state index in [1.54, 1.807) is 7.11 Å². The molecule has 1 aromatic carbocycles. The van der Waals surface area contributed by atoms with E-state index in [0.29, 0.717) is 6.61 Å². The fraction of sp³-hybridized carbons (Fsp3) is 0.600. The molecule has 0 saturated heterocycles. The highest BCUT2D eigenvalue weighted by Gasteiger charge is 2.07. The Kier molecular flexibility index (Phi) is 8.67. The number of halogens is 1. The zero-order valence-corrected chi connectivity index (χ0v) is 13.5. The van der Waals surface area contributed by atoms with Crippen molar-refractivity contribution >= 4 is 15.9 Å². The zero-order valence-electron chi connectivity index (χ0n) is 11.9. The van der Waals surface area contributed by atoms with Crippen molar-refractivity contribution in [3.63, 3.8) is 0 Å². The lowest BCUT2D eigenvalue weighted by Crippen LogP contribution is -2.22. The first-order chi connectivity index (χ1) is 9.29. The Hall–Kier alpha value is -0.740. The molecule has 1 rings (SSSR count). The summed E-state index contributed by atoms with van der Waals surface area (Å²) in [5, 5.41) is 3.39. The van der Waals surface area contributed by atoms with Gasteiger partial charge in [0.25, 0.3) is 0 Å². The SMILES string of the molecule is CCCCCCNCCOc1c(Br)cccc1OC. The predicted octanol–water partition coefficient (Wildman–Crippen LogP) is 4.01. The Labute approximate surface area is 124 Å². The molecule has 0 bridgehead atoms. The van der Waals surface area contributed by atoms with E-state index in [1.165, 1.54) is 25.7 Å². The van der Waals surface area contributed by atoms with E-state index in [1.807, 2.05) is 18.2 Å². The second-order valence-electron chi connectivity index (χ2n) is 4.43. The molecule has 0 heterocycles. The van der Waals surface area contributed by atoms with E-state index < -0.39 is 0 Å². The number of nitrogens with one attached hydrogen (secondary N) is 1. The summed E-state index contributed by atoms with van der Waals surface area (Å²) in [5.41, 5.74) is 0. The molecule has 0 amide bonds. The number of ether oxygens (including phenoxy) is 2. The lowest BCUT2D eigenvalue weighted by atomic mass is 10.2. The Balaban J connectivity index is 2.19. The Bertz CT molecular complexity index is 358. The largest absolute Gasteiger partial charge is 0.493 e. The fourth-order valence-electron chi connectivity index (χ4n) is 1.82. The van der Waals surface area contributed by atoms with E-state index in [4.69, 9.17) is 9.47 Å². The van der Waals surface area contributed by atoms with Crippen LogP contribution >= 0.6 is 15.9 Å². The minimum Gasteiger partial charge on any atom is -0.493 e. The van der Waals surface area contributed by atoms with Gasteiger partial charge in [-0.2, -0.15) is 0 Å². The average molecular weight is 330 g/mol. The van der Waals surface area contributed by atoms with Crippen LogP contribution in [0, 0.1) is 0 Å². The van der Waals surface area contributed by atoms with Gasteiger partial charge in [0.05, 0.1) is 11.6 Å². The molecule has 0 radical (unpaired) electrons. The van der Waals surface area contributed by atoms with Gasteiger partial charge in [-0.05, 0) is 41.0 Å². The van der Waals surface area contributed by atoms with Crippen LogP contribution in [0.5, 0.6) is 11.5 Å².